The molecule has 0 aromatic carbocycles. The molecule has 0 radical (unpaired) electrons. The summed E-state index contributed by atoms with van der Waals surface area (Å²) in [5, 5.41) is 0. The zero-order chi connectivity index (χ0) is 14.7. The van der Waals surface area contributed by atoms with Crippen LogP contribution in [-0.2, 0) is 0 Å². The predicted molar refractivity (Wildman–Crippen MR) is 75.0 cm³/mol. The quantitative estimate of drug-likeness (QED) is 0.833. The number of carbonyl (C=O) groups is 2. The molecule has 1 aromatic heterocycles. The molecule has 0 aliphatic carbocycles. The summed E-state index contributed by atoms with van der Waals surface area (Å²) >= 11 is 0. The van der Waals surface area contributed by atoms with Crippen LogP contribution in [0.2, 0.25) is 0 Å². The highest BCUT2D eigenvalue weighted by Gasteiger charge is 2.31. The Kier molecular flexibility index (Phi) is 4.34. The number of amides is 2. The van der Waals surface area contributed by atoms with Gasteiger partial charge in [0.1, 0.15) is 5.69 Å². The van der Waals surface area contributed by atoms with E-state index in [1.807, 2.05) is 4.90 Å². The van der Waals surface area contributed by atoms with Crippen molar-refractivity contribution in [1.29, 1.82) is 0 Å². The molecule has 1 aliphatic rings. The largest absolute Gasteiger partial charge is 0.364 e. The van der Waals surface area contributed by atoms with Crippen LogP contribution < -0.4 is 11.5 Å². The van der Waals surface area contributed by atoms with E-state index >= 15 is 0 Å². The Labute approximate surface area is 118 Å². The number of likely N-dealkylation sites (tertiary alicyclic amines) is 1. The van der Waals surface area contributed by atoms with Crippen molar-refractivity contribution < 1.29 is 9.59 Å². The first-order valence-corrected chi connectivity index (χ1v) is 6.81. The van der Waals surface area contributed by atoms with Crippen molar-refractivity contribution >= 4 is 11.8 Å². The molecule has 0 unspecified atom stereocenters. The number of carbonyl (C=O) groups excluding carboxylic acids is 2. The summed E-state index contributed by atoms with van der Waals surface area (Å²) in [6.07, 6.45) is 3.47. The van der Waals surface area contributed by atoms with E-state index in [2.05, 4.69) is 11.9 Å². The molecule has 108 valence electrons. The number of piperidine rings is 1. The maximum atomic E-state index is 12.5. The summed E-state index contributed by atoms with van der Waals surface area (Å²) < 4.78 is 0. The Balaban J connectivity index is 2.19. The van der Waals surface area contributed by atoms with E-state index < -0.39 is 5.91 Å². The molecule has 0 saturated carbocycles. The highest BCUT2D eigenvalue weighted by Crippen LogP contribution is 2.24. The van der Waals surface area contributed by atoms with Crippen LogP contribution in [0.3, 0.4) is 0 Å². The lowest BCUT2D eigenvalue weighted by Gasteiger charge is -2.39. The molecule has 1 fully saturated rings. The van der Waals surface area contributed by atoms with Gasteiger partial charge in [-0.25, -0.2) is 0 Å². The first kappa shape index (κ1) is 14.5. The average Bonchev–Trinajstić information content (AvgIpc) is 2.46. The summed E-state index contributed by atoms with van der Waals surface area (Å²) in [5.74, 6) is -0.290. The summed E-state index contributed by atoms with van der Waals surface area (Å²) in [6.45, 7) is 3.29. The monoisotopic (exact) mass is 276 g/mol. The molecular weight excluding hydrogens is 256 g/mol. The highest BCUT2D eigenvalue weighted by molar-refractivity contribution is 5.96. The molecule has 0 spiro atoms. The summed E-state index contributed by atoms with van der Waals surface area (Å²) in [7, 11) is 0. The fourth-order valence-corrected chi connectivity index (χ4v) is 2.69. The van der Waals surface area contributed by atoms with Crippen LogP contribution >= 0.6 is 0 Å². The number of hydrogen-bond acceptors (Lipinski definition) is 4. The number of aromatic nitrogens is 1. The van der Waals surface area contributed by atoms with Gasteiger partial charge in [-0.3, -0.25) is 14.6 Å². The molecule has 2 heterocycles. The molecule has 1 saturated heterocycles. The minimum atomic E-state index is -0.601. The normalized spacial score (nSPS) is 22.6. The number of nitrogens with two attached hydrogens (primary N) is 2. The van der Waals surface area contributed by atoms with E-state index in [-0.39, 0.29) is 17.6 Å². The minimum absolute atomic E-state index is 0.0621. The Hall–Kier alpha value is -1.95. The molecule has 20 heavy (non-hydrogen) atoms. The number of rotatable bonds is 3. The van der Waals surface area contributed by atoms with E-state index in [4.69, 9.17) is 11.5 Å². The Morgan fingerprint density at radius 1 is 1.45 bits per heavy atom. The Bertz CT molecular complexity index is 500. The summed E-state index contributed by atoms with van der Waals surface area (Å²) in [4.78, 5) is 29.2. The van der Waals surface area contributed by atoms with Crippen molar-refractivity contribution in [3.8, 4) is 0 Å². The van der Waals surface area contributed by atoms with Crippen LogP contribution in [0.1, 0.15) is 40.6 Å². The third kappa shape index (κ3) is 2.80. The van der Waals surface area contributed by atoms with Gasteiger partial charge >= 0.3 is 0 Å². The van der Waals surface area contributed by atoms with Gasteiger partial charge in [-0.1, -0.05) is 6.92 Å². The zero-order valence-corrected chi connectivity index (χ0v) is 11.6. The molecule has 2 atom stereocenters. The molecule has 6 nitrogen and oxygen atoms in total. The lowest BCUT2D eigenvalue weighted by Crippen LogP contribution is -2.51. The van der Waals surface area contributed by atoms with E-state index in [0.717, 1.165) is 12.8 Å². The molecule has 2 rings (SSSR count). The number of hydrogen-bond donors (Lipinski definition) is 2. The molecule has 1 aliphatic heterocycles. The highest BCUT2D eigenvalue weighted by atomic mass is 16.2. The number of primary amides is 1. The van der Waals surface area contributed by atoms with E-state index in [0.29, 0.717) is 24.6 Å². The average molecular weight is 276 g/mol. The molecule has 0 bridgehead atoms. The van der Waals surface area contributed by atoms with E-state index in [9.17, 15) is 9.59 Å². The van der Waals surface area contributed by atoms with Crippen molar-refractivity contribution in [3.05, 3.63) is 29.6 Å². The van der Waals surface area contributed by atoms with Crippen molar-refractivity contribution in [3.63, 3.8) is 0 Å². The molecular formula is C14H20N4O2. The first-order chi connectivity index (χ1) is 9.54. The van der Waals surface area contributed by atoms with E-state index in [1.165, 1.54) is 12.3 Å². The summed E-state index contributed by atoms with van der Waals surface area (Å²) in [5.41, 5.74) is 11.5. The van der Waals surface area contributed by atoms with Crippen LogP contribution in [0, 0.1) is 5.92 Å². The van der Waals surface area contributed by atoms with Crippen LogP contribution in [0.5, 0.6) is 0 Å². The van der Waals surface area contributed by atoms with Crippen molar-refractivity contribution in [2.24, 2.45) is 17.4 Å². The van der Waals surface area contributed by atoms with Gasteiger partial charge in [0.2, 0.25) is 0 Å². The van der Waals surface area contributed by atoms with Crippen LogP contribution in [0.25, 0.3) is 0 Å². The third-order valence-electron chi connectivity index (χ3n) is 3.88. The third-order valence-corrected chi connectivity index (χ3v) is 3.88. The van der Waals surface area contributed by atoms with Gasteiger partial charge in [-0.05, 0) is 30.9 Å². The van der Waals surface area contributed by atoms with Gasteiger partial charge in [0.25, 0.3) is 11.8 Å². The second kappa shape index (κ2) is 6.00. The fraction of sp³-hybridized carbons (Fsp3) is 0.500. The predicted octanol–water partition coefficient (Wildman–Crippen LogP) is 0.380. The van der Waals surface area contributed by atoms with Gasteiger partial charge in [0, 0.05) is 25.3 Å². The van der Waals surface area contributed by atoms with Crippen molar-refractivity contribution in [2.75, 3.05) is 13.1 Å². The molecule has 1 aromatic rings. The zero-order valence-electron chi connectivity index (χ0n) is 11.6. The standard InChI is InChI=1S/C14H20N4O2/c1-9-3-2-6-18(12(9)7-15)14(20)10-4-5-11(13(16)19)17-8-10/h4-5,8-9,12H,2-3,6-7,15H2,1H3,(H2,16,19)/t9-,12+/m0/s1. The first-order valence-electron chi connectivity index (χ1n) is 6.81. The maximum absolute atomic E-state index is 12.5. The smallest absolute Gasteiger partial charge is 0.267 e. The molecule has 6 heteroatoms. The van der Waals surface area contributed by atoms with Crippen molar-refractivity contribution in [2.45, 2.75) is 25.8 Å². The van der Waals surface area contributed by atoms with Gasteiger partial charge < -0.3 is 16.4 Å². The van der Waals surface area contributed by atoms with Crippen LogP contribution in [-0.4, -0.2) is 40.8 Å². The molecule has 2 amide bonds. The van der Waals surface area contributed by atoms with Crippen LogP contribution in [0.15, 0.2) is 18.3 Å². The van der Waals surface area contributed by atoms with Gasteiger partial charge in [-0.2, -0.15) is 0 Å². The Morgan fingerprint density at radius 2 is 2.20 bits per heavy atom. The number of nitrogens with zero attached hydrogens (tertiary/aromatic N) is 2. The lowest BCUT2D eigenvalue weighted by atomic mass is 9.90. The van der Waals surface area contributed by atoms with E-state index in [1.54, 1.807) is 6.07 Å². The fourth-order valence-electron chi connectivity index (χ4n) is 2.69. The Morgan fingerprint density at radius 3 is 2.75 bits per heavy atom. The minimum Gasteiger partial charge on any atom is -0.364 e. The second-order valence-corrected chi connectivity index (χ2v) is 5.22. The van der Waals surface area contributed by atoms with Gasteiger partial charge in [0.05, 0.1) is 5.56 Å². The van der Waals surface area contributed by atoms with Crippen molar-refractivity contribution in [1.82, 2.24) is 9.88 Å². The SMILES string of the molecule is C[C@H]1CCCN(C(=O)c2ccc(C(N)=O)nc2)[C@@H]1CN. The molecule has 4 N–H and O–H groups in total. The second-order valence-electron chi connectivity index (χ2n) is 5.22. The number of pyridine rings is 1. The maximum Gasteiger partial charge on any atom is 0.267 e. The summed E-state index contributed by atoms with van der Waals surface area (Å²) in [6, 6.07) is 3.12. The van der Waals surface area contributed by atoms with Crippen LogP contribution in [0.4, 0.5) is 0 Å². The topological polar surface area (TPSA) is 102 Å². The van der Waals surface area contributed by atoms with Gasteiger partial charge in [-0.15, -0.1) is 0 Å². The van der Waals surface area contributed by atoms with Gasteiger partial charge in [0.15, 0.2) is 0 Å². The lowest BCUT2D eigenvalue weighted by molar-refractivity contribution is 0.0532.